The summed E-state index contributed by atoms with van der Waals surface area (Å²) in [5.74, 6) is 8.12. The molecular weight excluding hydrogens is 878 g/mol. The van der Waals surface area contributed by atoms with Gasteiger partial charge in [-0.05, 0) is 194 Å². The third kappa shape index (κ3) is 13.0. The van der Waals surface area contributed by atoms with Gasteiger partial charge in [-0.25, -0.2) is 0 Å². The van der Waals surface area contributed by atoms with Crippen LogP contribution in [0.25, 0.3) is 0 Å². The maximum Gasteiger partial charge on any atom is 1.00 e. The van der Waals surface area contributed by atoms with Crippen LogP contribution in [0.3, 0.4) is 0 Å². The zero-order valence-corrected chi connectivity index (χ0v) is 43.4. The molecule has 0 spiro atoms. The number of ketones is 1. The molecule has 8 aliphatic rings. The van der Waals surface area contributed by atoms with Gasteiger partial charge in [-0.1, -0.05) is 20.3 Å². The van der Waals surface area contributed by atoms with Crippen molar-refractivity contribution in [2.75, 3.05) is 33.5 Å². The molecule has 15 atom stereocenters. The molecule has 4 N–H and O–H groups in total. The maximum absolute atomic E-state index is 12.6. The molecule has 0 bridgehead atoms. The zero-order chi connectivity index (χ0) is 43.2. The Morgan fingerprint density at radius 3 is 1.67 bits per heavy atom. The van der Waals surface area contributed by atoms with Crippen molar-refractivity contribution in [3.8, 4) is 0 Å². The van der Waals surface area contributed by atoms with Crippen molar-refractivity contribution in [1.82, 2.24) is 0 Å². The topological polar surface area (TPSA) is 116 Å². The van der Waals surface area contributed by atoms with Gasteiger partial charge in [0.2, 0.25) is 0 Å². The van der Waals surface area contributed by atoms with Crippen molar-refractivity contribution in [2.24, 2.45) is 70.0 Å². The molecule has 0 unspecified atom stereocenters. The van der Waals surface area contributed by atoms with Gasteiger partial charge < -0.3 is 31.3 Å². The van der Waals surface area contributed by atoms with Gasteiger partial charge >= 0.3 is 29.6 Å². The molecule has 0 heterocycles. The molecule has 10 radical (unpaired) electrons. The Hall–Kier alpha value is 1.61. The molecule has 0 aromatic carbocycles. The number of hydrogen-bond acceptors (Lipinski definition) is 7. The molecule has 8 saturated carbocycles. The molecule has 61 heavy (non-hydrogen) atoms. The van der Waals surface area contributed by atoms with E-state index in [1.165, 1.54) is 77.7 Å². The van der Waals surface area contributed by atoms with Crippen molar-refractivity contribution in [3.05, 3.63) is 0 Å². The van der Waals surface area contributed by atoms with Gasteiger partial charge in [-0.3, -0.25) is 4.79 Å². The van der Waals surface area contributed by atoms with Crippen LogP contribution in [0.2, 0.25) is 0 Å². The fraction of sp³-hybridized carbons (Fsp3) is 0.978. The summed E-state index contributed by atoms with van der Waals surface area (Å²) in [6.45, 7) is 11.1. The van der Waals surface area contributed by atoms with E-state index in [-0.39, 0.29) is 67.1 Å². The number of ether oxygens (including phenoxy) is 2. The van der Waals surface area contributed by atoms with Gasteiger partial charge in [0, 0.05) is 77.2 Å². The van der Waals surface area contributed by atoms with E-state index in [9.17, 15) is 20.1 Å². The molecule has 0 amide bonds. The first-order chi connectivity index (χ1) is 28.1. The third-order valence-corrected chi connectivity index (χ3v) is 19.3. The first-order valence-corrected chi connectivity index (χ1v) is 25.3. The zero-order valence-electron chi connectivity index (χ0n) is 40.3. The van der Waals surface area contributed by atoms with Crippen LogP contribution < -0.4 is 29.6 Å². The minimum Gasteiger partial charge on any atom is -1.00 e. The van der Waals surface area contributed by atoms with Crippen LogP contribution in [-0.2, 0) is 14.3 Å². The van der Waals surface area contributed by atoms with Crippen molar-refractivity contribution >= 4 is 77.6 Å². The van der Waals surface area contributed by atoms with Gasteiger partial charge in [0.25, 0.3) is 0 Å². The summed E-state index contributed by atoms with van der Waals surface area (Å²) >= 11 is 2.06. The number of aliphatic hydroxyl groups is 4. The number of fused-ring (bicyclic) bond motifs is 10. The van der Waals surface area contributed by atoms with Gasteiger partial charge in [-0.15, -0.1) is 0 Å². The van der Waals surface area contributed by atoms with E-state index in [4.69, 9.17) is 37.8 Å². The van der Waals surface area contributed by atoms with E-state index in [0.29, 0.717) is 50.0 Å². The van der Waals surface area contributed by atoms with Crippen LogP contribution in [-0.4, -0.2) is 126 Å². The number of carbonyl (C=O) groups is 1. The Morgan fingerprint density at radius 2 is 1.20 bits per heavy atom. The normalized spacial score (nSPS) is 43.0. The largest absolute Gasteiger partial charge is 1.00 e. The molecule has 8 fully saturated rings. The standard InChI is InChI=1S/C22H38O3.C22H36O3.CH4O.B6I.B.Na.H/c2*1-3-25-14-22(24)12-10-16-15(13-22)7-8-18-17(16)9-11-21(2)19(18)5-4-6-20(21)23;1-2;1-4-6(7)5(2)3;;;/h15-20,23-24H,3-14H2,1-2H3;15-19,24H,3-14H2,1-2H3;2H,1H3;;;;/q;;;;;+1;-1/t15-,16-,17+,18+,19-,20-,21-,22+;15-,16-,17+,18+,19-,21-,22+;;;;;/m00...../s1. The van der Waals surface area contributed by atoms with Gasteiger partial charge in [0.05, 0.1) is 30.5 Å². The smallest absolute Gasteiger partial charge is 1.00 e. The third-order valence-electron chi connectivity index (χ3n) is 18.0. The number of rotatable bonds is 8. The van der Waals surface area contributed by atoms with Crippen LogP contribution in [0.15, 0.2) is 0 Å². The Labute approximate surface area is 417 Å². The number of hydrogen-bond donors (Lipinski definition) is 4. The molecule has 8 rings (SSSR count). The van der Waals surface area contributed by atoms with E-state index < -0.39 is 11.2 Å². The van der Waals surface area contributed by atoms with E-state index in [2.05, 4.69) is 36.2 Å². The molecule has 0 aliphatic heterocycles. The molecule has 8 aliphatic carbocycles. The second-order valence-electron chi connectivity index (χ2n) is 21.1. The maximum atomic E-state index is 12.6. The van der Waals surface area contributed by atoms with Crippen molar-refractivity contribution in [1.29, 1.82) is 0 Å². The van der Waals surface area contributed by atoms with Crippen molar-refractivity contribution in [2.45, 2.75) is 173 Å². The molecule has 0 aromatic rings. The molecule has 16 heteroatoms. The van der Waals surface area contributed by atoms with E-state index in [1.54, 1.807) is 0 Å². The van der Waals surface area contributed by atoms with Gasteiger partial charge in [0.1, 0.15) is 10.1 Å². The minimum absolute atomic E-state index is 0. The van der Waals surface area contributed by atoms with Crippen LogP contribution in [0, 0.1) is 70.0 Å². The summed E-state index contributed by atoms with van der Waals surface area (Å²) < 4.78 is 11.2. The van der Waals surface area contributed by atoms with E-state index >= 15 is 0 Å². The quantitative estimate of drug-likeness (QED) is 0.218. The number of halogens is 1. The minimum atomic E-state index is -0.589. The Kier molecular flexibility index (Phi) is 23.6. The van der Waals surface area contributed by atoms with Crippen molar-refractivity contribution in [3.63, 3.8) is 0 Å². The van der Waals surface area contributed by atoms with E-state index in [1.807, 2.05) is 13.8 Å². The Bertz CT molecular complexity index is 1340. The summed E-state index contributed by atoms with van der Waals surface area (Å²) in [5.41, 5.74) is -1.00. The monoisotopic (exact) mass is 959 g/mol. The first kappa shape index (κ1) is 56.9. The van der Waals surface area contributed by atoms with Gasteiger partial charge in [-0.2, -0.15) is 22.4 Å². The molecule has 7 nitrogen and oxygen atoms in total. The van der Waals surface area contributed by atoms with E-state index in [0.717, 1.165) is 106 Å². The predicted molar refractivity (Wildman–Crippen MR) is 261 cm³/mol. The van der Waals surface area contributed by atoms with Crippen LogP contribution >= 0.6 is 22.4 Å². The van der Waals surface area contributed by atoms with Crippen molar-refractivity contribution < 1.29 is 65.7 Å². The summed E-state index contributed by atoms with van der Waals surface area (Å²) in [6.07, 6.45) is 22.4. The summed E-state index contributed by atoms with van der Waals surface area (Å²) in [6, 6.07) is 0. The second-order valence-corrected chi connectivity index (χ2v) is 22.5. The fourth-order valence-corrected chi connectivity index (χ4v) is 15.0. The van der Waals surface area contributed by atoms with Crippen LogP contribution in [0.5, 0.6) is 0 Å². The SMILES string of the molecule is CCOC[C@@]1(O)CC[C@H]2[C@@H](CC[C@@H]3[C@@H]2CC[C@]2(C)C(=O)CCC[C@@H]32)C1.CCOC[C@@]1(O)CC[C@H]2[C@@H](CC[C@@H]3[C@@H]2CC[C@]2(C)[C@@H](O)CCC[C@@H]32)C1.CO.[B].[B][B]B(I)B([B])[B].[H-].[Na+]. The van der Waals surface area contributed by atoms with Crippen LogP contribution in [0.4, 0.5) is 0 Å². The Morgan fingerprint density at radius 1 is 0.721 bits per heavy atom. The summed E-state index contributed by atoms with van der Waals surface area (Å²) in [5, 5.41) is 39.6. The fourth-order valence-electron chi connectivity index (χ4n) is 15.0. The molecule has 330 valence electrons. The average Bonchev–Trinajstić information content (AvgIpc) is 3.23. The number of aliphatic hydroxyl groups excluding tert-OH is 2. The summed E-state index contributed by atoms with van der Waals surface area (Å²) in [4.78, 5) is 12.6. The van der Waals surface area contributed by atoms with Crippen LogP contribution in [0.1, 0.15) is 158 Å². The predicted octanol–water partition coefficient (Wildman–Crippen LogP) is 3.47. The first-order valence-electron chi connectivity index (χ1n) is 24.1. The molecule has 0 aromatic heterocycles. The second kappa shape index (κ2) is 25.3. The van der Waals surface area contributed by atoms with Gasteiger partial charge in [0.15, 0.2) is 0 Å². The summed E-state index contributed by atoms with van der Waals surface area (Å²) in [7, 11) is 18.0. The number of carbonyl (C=O) groups excluding carboxylic acids is 1. The number of Topliss-reactive ketones (excluding diaryl/α,β-unsaturated/α-hetero) is 1. The average molecular weight is 958 g/mol. The Balaban J connectivity index is 0.000000344. The molecule has 0 saturated heterocycles. The molecular formula is C45H79B7INaO7.